The highest BCUT2D eigenvalue weighted by molar-refractivity contribution is 7.80. The van der Waals surface area contributed by atoms with Crippen LogP contribution in [0.2, 0.25) is 5.02 Å². The second-order valence-corrected chi connectivity index (χ2v) is 4.17. The van der Waals surface area contributed by atoms with Crippen LogP contribution in [-0.4, -0.2) is 16.9 Å². The monoisotopic (exact) mass is 257 g/mol. The van der Waals surface area contributed by atoms with E-state index in [1.165, 1.54) is 0 Å². The van der Waals surface area contributed by atoms with Crippen LogP contribution in [0.1, 0.15) is 12.5 Å². The van der Waals surface area contributed by atoms with Gasteiger partial charge in [-0.15, -0.1) is 0 Å². The zero-order chi connectivity index (χ0) is 12.3. The van der Waals surface area contributed by atoms with Gasteiger partial charge in [-0.05, 0) is 25.1 Å². The first-order chi connectivity index (χ1) is 7.41. The van der Waals surface area contributed by atoms with Crippen molar-refractivity contribution in [2.24, 2.45) is 11.5 Å². The zero-order valence-corrected chi connectivity index (χ0v) is 10.2. The van der Waals surface area contributed by atoms with E-state index in [9.17, 15) is 4.79 Å². The molecule has 0 saturated carbocycles. The van der Waals surface area contributed by atoms with Crippen LogP contribution in [-0.2, 0) is 4.79 Å². The highest BCUT2D eigenvalue weighted by Gasteiger charge is 2.09. The van der Waals surface area contributed by atoms with Crippen molar-refractivity contribution in [3.8, 4) is 0 Å². The molecule has 1 rings (SSSR count). The molecular weight excluding hydrogens is 246 g/mol. The predicted octanol–water partition coefficient (Wildman–Crippen LogP) is 1.26. The number of anilines is 1. The van der Waals surface area contributed by atoms with E-state index >= 15 is 0 Å². The van der Waals surface area contributed by atoms with Crippen LogP contribution in [0.3, 0.4) is 0 Å². The molecule has 0 aromatic heterocycles. The summed E-state index contributed by atoms with van der Waals surface area (Å²) in [6, 6.07) is 4.61. The zero-order valence-electron chi connectivity index (χ0n) is 8.66. The number of benzene rings is 1. The summed E-state index contributed by atoms with van der Waals surface area (Å²) in [5.74, 6) is -0.436. The minimum atomic E-state index is -0.466. The molecule has 4 nitrogen and oxygen atoms in total. The van der Waals surface area contributed by atoms with Gasteiger partial charge in [0, 0.05) is 11.3 Å². The van der Waals surface area contributed by atoms with E-state index in [0.717, 1.165) is 0 Å². The summed E-state index contributed by atoms with van der Waals surface area (Å²) >= 11 is 10.8. The van der Waals surface area contributed by atoms with E-state index in [0.29, 0.717) is 16.3 Å². The van der Waals surface area contributed by atoms with E-state index in [1.54, 1.807) is 25.1 Å². The van der Waals surface area contributed by atoms with Gasteiger partial charge in [-0.25, -0.2) is 0 Å². The van der Waals surface area contributed by atoms with Crippen LogP contribution in [0.15, 0.2) is 18.2 Å². The van der Waals surface area contributed by atoms with Crippen molar-refractivity contribution in [3.05, 3.63) is 28.8 Å². The van der Waals surface area contributed by atoms with Crippen molar-refractivity contribution in [3.63, 3.8) is 0 Å². The average molecular weight is 258 g/mol. The minimum Gasteiger partial charge on any atom is -0.389 e. The molecule has 1 aromatic rings. The lowest BCUT2D eigenvalue weighted by atomic mass is 10.2. The van der Waals surface area contributed by atoms with Crippen LogP contribution in [0, 0.1) is 0 Å². The molecule has 6 heteroatoms. The number of halogens is 1. The summed E-state index contributed by atoms with van der Waals surface area (Å²) in [4.78, 5) is 11.1. The van der Waals surface area contributed by atoms with E-state index in [4.69, 9.17) is 35.3 Å². The van der Waals surface area contributed by atoms with Crippen molar-refractivity contribution in [1.29, 1.82) is 0 Å². The number of hydrogen-bond donors (Lipinski definition) is 3. The maximum absolute atomic E-state index is 10.8. The molecule has 0 aliphatic heterocycles. The van der Waals surface area contributed by atoms with E-state index in [2.05, 4.69) is 5.32 Å². The van der Waals surface area contributed by atoms with E-state index in [1.807, 2.05) is 0 Å². The topological polar surface area (TPSA) is 81.1 Å². The molecule has 1 unspecified atom stereocenters. The number of nitrogens with one attached hydrogen (secondary N) is 1. The van der Waals surface area contributed by atoms with Crippen molar-refractivity contribution >= 4 is 40.4 Å². The molecule has 86 valence electrons. The Hall–Kier alpha value is -1.33. The van der Waals surface area contributed by atoms with Crippen molar-refractivity contribution < 1.29 is 4.79 Å². The quantitative estimate of drug-likeness (QED) is 0.710. The van der Waals surface area contributed by atoms with Crippen LogP contribution < -0.4 is 16.8 Å². The Labute approximate surface area is 104 Å². The fourth-order valence-electron chi connectivity index (χ4n) is 1.13. The molecule has 16 heavy (non-hydrogen) atoms. The molecule has 0 spiro atoms. The third kappa shape index (κ3) is 3.08. The van der Waals surface area contributed by atoms with E-state index in [-0.39, 0.29) is 4.99 Å². The molecule has 0 heterocycles. The molecule has 0 aliphatic rings. The first kappa shape index (κ1) is 12.7. The molecule has 0 bridgehead atoms. The largest absolute Gasteiger partial charge is 0.389 e. The second-order valence-electron chi connectivity index (χ2n) is 3.33. The number of hydrogen-bond acceptors (Lipinski definition) is 3. The number of primary amides is 1. The maximum atomic E-state index is 10.8. The molecule has 1 aromatic carbocycles. The lowest BCUT2D eigenvalue weighted by Crippen LogP contribution is -2.32. The first-order valence-corrected chi connectivity index (χ1v) is 5.35. The fourth-order valence-corrected chi connectivity index (χ4v) is 1.64. The van der Waals surface area contributed by atoms with Gasteiger partial charge >= 0.3 is 0 Å². The van der Waals surface area contributed by atoms with Gasteiger partial charge < -0.3 is 16.8 Å². The summed E-state index contributed by atoms with van der Waals surface area (Å²) < 4.78 is 0. The summed E-state index contributed by atoms with van der Waals surface area (Å²) in [5, 5.41) is 3.34. The minimum absolute atomic E-state index is 0.236. The Balaban J connectivity index is 2.89. The lowest BCUT2D eigenvalue weighted by molar-refractivity contribution is -0.118. The number of carbonyl (C=O) groups excluding carboxylic acids is 1. The van der Waals surface area contributed by atoms with Gasteiger partial charge in [0.2, 0.25) is 5.91 Å². The summed E-state index contributed by atoms with van der Waals surface area (Å²) in [5.41, 5.74) is 11.9. The number of nitrogens with two attached hydrogens (primary N) is 2. The maximum Gasteiger partial charge on any atom is 0.239 e. The number of amides is 1. The first-order valence-electron chi connectivity index (χ1n) is 4.57. The number of rotatable bonds is 4. The van der Waals surface area contributed by atoms with Gasteiger partial charge in [0.1, 0.15) is 11.0 Å². The lowest BCUT2D eigenvalue weighted by Gasteiger charge is -2.12. The predicted molar refractivity (Wildman–Crippen MR) is 69.6 cm³/mol. The highest BCUT2D eigenvalue weighted by Crippen LogP contribution is 2.21. The number of thiocarbonyl (C=S) groups is 1. The van der Waals surface area contributed by atoms with Crippen LogP contribution in [0.5, 0.6) is 0 Å². The van der Waals surface area contributed by atoms with Crippen LogP contribution in [0.25, 0.3) is 0 Å². The molecule has 0 radical (unpaired) electrons. The van der Waals surface area contributed by atoms with Gasteiger partial charge in [0.25, 0.3) is 0 Å². The molecular formula is C10H12ClN3OS. The Morgan fingerprint density at radius 1 is 1.50 bits per heavy atom. The highest BCUT2D eigenvalue weighted by atomic mass is 35.5. The van der Waals surface area contributed by atoms with Crippen LogP contribution >= 0.6 is 23.8 Å². The van der Waals surface area contributed by atoms with Gasteiger partial charge in [-0.3, -0.25) is 4.79 Å². The van der Waals surface area contributed by atoms with Crippen LogP contribution in [0.4, 0.5) is 5.69 Å². The standard InChI is InChI=1S/C10H12ClN3OS/c1-5(9(12)15)14-6-2-3-7(10(13)16)8(11)4-6/h2-5,14H,1H3,(H2,12,15)(H2,13,16). The molecule has 0 fully saturated rings. The smallest absolute Gasteiger partial charge is 0.239 e. The Bertz CT molecular complexity index is 436. The summed E-state index contributed by atoms with van der Waals surface area (Å²) in [7, 11) is 0. The Kier molecular flexibility index (Phi) is 4.09. The second kappa shape index (κ2) is 5.14. The van der Waals surface area contributed by atoms with E-state index < -0.39 is 11.9 Å². The molecule has 0 saturated heterocycles. The molecule has 1 atom stereocenters. The normalized spacial score (nSPS) is 11.9. The fraction of sp³-hybridized carbons (Fsp3) is 0.200. The average Bonchev–Trinajstić information content (AvgIpc) is 2.16. The molecule has 0 aliphatic carbocycles. The van der Waals surface area contributed by atoms with Gasteiger partial charge in [-0.2, -0.15) is 0 Å². The van der Waals surface area contributed by atoms with Gasteiger partial charge in [0.05, 0.1) is 5.02 Å². The van der Waals surface area contributed by atoms with Crippen molar-refractivity contribution in [2.75, 3.05) is 5.32 Å². The third-order valence-electron chi connectivity index (χ3n) is 2.04. The van der Waals surface area contributed by atoms with Crippen molar-refractivity contribution in [2.45, 2.75) is 13.0 Å². The van der Waals surface area contributed by atoms with Gasteiger partial charge in [-0.1, -0.05) is 23.8 Å². The summed E-state index contributed by atoms with van der Waals surface area (Å²) in [6.45, 7) is 1.66. The Morgan fingerprint density at radius 3 is 2.56 bits per heavy atom. The number of carbonyl (C=O) groups is 1. The molecule has 5 N–H and O–H groups in total. The molecule has 1 amide bonds. The van der Waals surface area contributed by atoms with Gasteiger partial charge in [0.15, 0.2) is 0 Å². The Morgan fingerprint density at radius 2 is 2.12 bits per heavy atom. The summed E-state index contributed by atoms with van der Waals surface area (Å²) in [6.07, 6.45) is 0. The third-order valence-corrected chi connectivity index (χ3v) is 2.58. The SMILES string of the molecule is CC(Nc1ccc(C(N)=S)c(Cl)c1)C(N)=O. The van der Waals surface area contributed by atoms with Crippen molar-refractivity contribution in [1.82, 2.24) is 0 Å².